The van der Waals surface area contributed by atoms with Crippen LogP contribution in [0.3, 0.4) is 0 Å². The number of hydrogen-bond acceptors (Lipinski definition) is 3. The van der Waals surface area contributed by atoms with Crippen LogP contribution in [0.4, 0.5) is 15.8 Å². The van der Waals surface area contributed by atoms with E-state index < -0.39 is 5.82 Å². The lowest BCUT2D eigenvalue weighted by molar-refractivity contribution is -0.119. The third kappa shape index (κ3) is 4.97. The van der Waals surface area contributed by atoms with Gasteiger partial charge in [-0.15, -0.1) is 0 Å². The van der Waals surface area contributed by atoms with Crippen molar-refractivity contribution >= 4 is 23.2 Å². The Morgan fingerprint density at radius 1 is 1.30 bits per heavy atom. The number of carbonyl (C=O) groups is 2. The predicted molar refractivity (Wildman–Crippen MR) is 77.0 cm³/mol. The minimum Gasteiger partial charge on any atom is -0.326 e. The molecule has 2 amide bonds. The van der Waals surface area contributed by atoms with Crippen LogP contribution in [0.25, 0.3) is 0 Å². The molecule has 0 saturated carbocycles. The van der Waals surface area contributed by atoms with Crippen LogP contribution in [-0.4, -0.2) is 24.9 Å². The lowest BCUT2D eigenvalue weighted by Gasteiger charge is -2.13. The molecular weight excluding hydrogens is 261 g/mol. The molecule has 1 rings (SSSR count). The minimum absolute atomic E-state index is 0.0506. The van der Waals surface area contributed by atoms with Crippen LogP contribution < -0.4 is 16.0 Å². The van der Waals surface area contributed by atoms with Crippen molar-refractivity contribution in [1.29, 1.82) is 0 Å². The predicted octanol–water partition coefficient (Wildman–Crippen LogP) is 1.97. The first-order chi connectivity index (χ1) is 9.43. The molecule has 3 N–H and O–H groups in total. The highest BCUT2D eigenvalue weighted by Crippen LogP contribution is 2.20. The molecule has 0 aliphatic heterocycles. The first-order valence-electron chi connectivity index (χ1n) is 6.52. The van der Waals surface area contributed by atoms with E-state index in [1.54, 1.807) is 6.92 Å². The Kier molecular flexibility index (Phi) is 6.11. The van der Waals surface area contributed by atoms with E-state index in [4.69, 9.17) is 0 Å². The molecule has 0 fully saturated rings. The lowest BCUT2D eigenvalue weighted by atomic mass is 10.1. The van der Waals surface area contributed by atoms with E-state index in [1.165, 1.54) is 25.1 Å². The normalized spacial score (nSPS) is 11.8. The summed E-state index contributed by atoms with van der Waals surface area (Å²) in [5.74, 6) is -1.28. The number of nitrogens with one attached hydrogen (secondary N) is 3. The molecule has 0 spiro atoms. The SMILES string of the molecule is CCNCC(C)C(=O)Nc1ccc(F)c(NC(C)=O)c1. The fourth-order valence-corrected chi connectivity index (χ4v) is 1.61. The molecule has 0 heterocycles. The zero-order valence-corrected chi connectivity index (χ0v) is 11.9. The molecule has 6 heteroatoms. The summed E-state index contributed by atoms with van der Waals surface area (Å²) in [5.41, 5.74) is 0.498. The van der Waals surface area contributed by atoms with Gasteiger partial charge in [0.25, 0.3) is 0 Å². The van der Waals surface area contributed by atoms with Crippen molar-refractivity contribution in [3.8, 4) is 0 Å². The van der Waals surface area contributed by atoms with Gasteiger partial charge in [0.05, 0.1) is 5.69 Å². The Balaban J connectivity index is 2.72. The molecule has 0 aliphatic rings. The molecule has 0 aromatic heterocycles. The van der Waals surface area contributed by atoms with Gasteiger partial charge in [-0.3, -0.25) is 9.59 Å². The molecular formula is C14H20FN3O2. The van der Waals surface area contributed by atoms with Crippen molar-refractivity contribution in [2.75, 3.05) is 23.7 Å². The Hall–Kier alpha value is -1.95. The molecule has 0 saturated heterocycles. The topological polar surface area (TPSA) is 70.2 Å². The molecule has 1 aromatic rings. The summed E-state index contributed by atoms with van der Waals surface area (Å²) < 4.78 is 13.5. The molecule has 1 atom stereocenters. The van der Waals surface area contributed by atoms with Gasteiger partial charge in [-0.05, 0) is 24.7 Å². The highest BCUT2D eigenvalue weighted by atomic mass is 19.1. The van der Waals surface area contributed by atoms with Crippen molar-refractivity contribution in [3.05, 3.63) is 24.0 Å². The van der Waals surface area contributed by atoms with Gasteiger partial charge in [-0.25, -0.2) is 4.39 Å². The number of halogens is 1. The van der Waals surface area contributed by atoms with Crippen molar-refractivity contribution in [3.63, 3.8) is 0 Å². The van der Waals surface area contributed by atoms with E-state index in [0.29, 0.717) is 12.2 Å². The van der Waals surface area contributed by atoms with Gasteiger partial charge in [0.1, 0.15) is 5.82 Å². The van der Waals surface area contributed by atoms with Crippen LogP contribution in [0.5, 0.6) is 0 Å². The van der Waals surface area contributed by atoms with Crippen molar-refractivity contribution < 1.29 is 14.0 Å². The Bertz CT molecular complexity index is 491. The van der Waals surface area contributed by atoms with Crippen molar-refractivity contribution in [1.82, 2.24) is 5.32 Å². The second-order valence-electron chi connectivity index (χ2n) is 4.57. The van der Waals surface area contributed by atoms with E-state index in [1.807, 2.05) is 6.92 Å². The summed E-state index contributed by atoms with van der Waals surface area (Å²) in [4.78, 5) is 22.9. The van der Waals surface area contributed by atoms with E-state index in [9.17, 15) is 14.0 Å². The summed E-state index contributed by atoms with van der Waals surface area (Å²) in [6.45, 7) is 6.42. The minimum atomic E-state index is -0.543. The fourth-order valence-electron chi connectivity index (χ4n) is 1.61. The van der Waals surface area contributed by atoms with Crippen LogP contribution >= 0.6 is 0 Å². The first kappa shape index (κ1) is 16.1. The summed E-state index contributed by atoms with van der Waals surface area (Å²) in [7, 11) is 0. The van der Waals surface area contributed by atoms with Gasteiger partial charge in [-0.2, -0.15) is 0 Å². The third-order valence-corrected chi connectivity index (χ3v) is 2.69. The van der Waals surface area contributed by atoms with E-state index >= 15 is 0 Å². The monoisotopic (exact) mass is 281 g/mol. The van der Waals surface area contributed by atoms with Gasteiger partial charge in [-0.1, -0.05) is 13.8 Å². The second-order valence-corrected chi connectivity index (χ2v) is 4.57. The Morgan fingerprint density at radius 2 is 2.00 bits per heavy atom. The number of carbonyl (C=O) groups excluding carboxylic acids is 2. The Morgan fingerprint density at radius 3 is 2.60 bits per heavy atom. The molecule has 110 valence electrons. The first-order valence-corrected chi connectivity index (χ1v) is 6.52. The average Bonchev–Trinajstić information content (AvgIpc) is 2.39. The highest BCUT2D eigenvalue weighted by Gasteiger charge is 2.13. The van der Waals surface area contributed by atoms with Gasteiger partial charge >= 0.3 is 0 Å². The average molecular weight is 281 g/mol. The number of rotatable bonds is 6. The quantitative estimate of drug-likeness (QED) is 0.746. The van der Waals surface area contributed by atoms with Crippen LogP contribution in [0.2, 0.25) is 0 Å². The number of benzene rings is 1. The summed E-state index contributed by atoms with van der Waals surface area (Å²) >= 11 is 0. The zero-order valence-electron chi connectivity index (χ0n) is 11.9. The van der Waals surface area contributed by atoms with Crippen LogP contribution in [0, 0.1) is 11.7 Å². The second kappa shape index (κ2) is 7.59. The number of anilines is 2. The van der Waals surface area contributed by atoms with Crippen molar-refractivity contribution in [2.24, 2.45) is 5.92 Å². The zero-order chi connectivity index (χ0) is 15.1. The largest absolute Gasteiger partial charge is 0.326 e. The standard InChI is InChI=1S/C14H20FN3O2/c1-4-16-8-9(2)14(20)18-11-5-6-12(15)13(7-11)17-10(3)19/h5-7,9,16H,4,8H2,1-3H3,(H,17,19)(H,18,20). The maximum absolute atomic E-state index is 13.5. The maximum atomic E-state index is 13.5. The van der Waals surface area contributed by atoms with Gasteiger partial charge < -0.3 is 16.0 Å². The van der Waals surface area contributed by atoms with E-state index in [2.05, 4.69) is 16.0 Å². The summed E-state index contributed by atoms with van der Waals surface area (Å²) in [6, 6.07) is 4.06. The van der Waals surface area contributed by atoms with Crippen LogP contribution in [-0.2, 0) is 9.59 Å². The van der Waals surface area contributed by atoms with Crippen LogP contribution in [0.15, 0.2) is 18.2 Å². The molecule has 0 bridgehead atoms. The third-order valence-electron chi connectivity index (χ3n) is 2.69. The van der Waals surface area contributed by atoms with E-state index in [-0.39, 0.29) is 23.4 Å². The molecule has 5 nitrogen and oxygen atoms in total. The molecule has 1 unspecified atom stereocenters. The lowest BCUT2D eigenvalue weighted by Crippen LogP contribution is -2.30. The Labute approximate surface area is 117 Å². The van der Waals surface area contributed by atoms with Gasteiger partial charge in [0.15, 0.2) is 0 Å². The highest BCUT2D eigenvalue weighted by molar-refractivity contribution is 5.94. The van der Waals surface area contributed by atoms with Gasteiger partial charge in [0.2, 0.25) is 11.8 Å². The summed E-state index contributed by atoms with van der Waals surface area (Å²) in [5, 5.41) is 8.15. The smallest absolute Gasteiger partial charge is 0.228 e. The van der Waals surface area contributed by atoms with Gasteiger partial charge in [0, 0.05) is 25.1 Å². The fraction of sp³-hybridized carbons (Fsp3) is 0.429. The van der Waals surface area contributed by atoms with Crippen LogP contribution in [0.1, 0.15) is 20.8 Å². The maximum Gasteiger partial charge on any atom is 0.228 e. The van der Waals surface area contributed by atoms with Crippen molar-refractivity contribution in [2.45, 2.75) is 20.8 Å². The molecule has 20 heavy (non-hydrogen) atoms. The molecule has 0 aliphatic carbocycles. The number of hydrogen-bond donors (Lipinski definition) is 3. The summed E-state index contributed by atoms with van der Waals surface area (Å²) in [6.07, 6.45) is 0. The molecule has 1 aromatic carbocycles. The number of amides is 2. The molecule has 0 radical (unpaired) electrons. The van der Waals surface area contributed by atoms with E-state index in [0.717, 1.165) is 6.54 Å².